The highest BCUT2D eigenvalue weighted by molar-refractivity contribution is 7.92. The zero-order valence-corrected chi connectivity index (χ0v) is 16.3. The van der Waals surface area contributed by atoms with E-state index in [1.54, 1.807) is 17.0 Å². The summed E-state index contributed by atoms with van der Waals surface area (Å²) in [6.45, 7) is 8.48. The molecule has 24 heavy (non-hydrogen) atoms. The Morgan fingerprint density at radius 2 is 1.83 bits per heavy atom. The SMILES string of the molecule is CCCCN(C(=O)CN(c1ccccc1C)S(C)(=O)=O)C(C)CC. The van der Waals surface area contributed by atoms with Crippen LogP contribution in [0.4, 0.5) is 5.69 Å². The summed E-state index contributed by atoms with van der Waals surface area (Å²) >= 11 is 0. The molecule has 1 rings (SSSR count). The molecule has 0 aromatic heterocycles. The van der Waals surface area contributed by atoms with Crippen molar-refractivity contribution in [1.82, 2.24) is 4.90 Å². The molecule has 6 heteroatoms. The van der Waals surface area contributed by atoms with Crippen LogP contribution in [0.5, 0.6) is 0 Å². The Labute approximate surface area is 146 Å². The number of hydrogen-bond donors (Lipinski definition) is 0. The quantitative estimate of drug-likeness (QED) is 0.684. The van der Waals surface area contributed by atoms with Crippen molar-refractivity contribution in [3.8, 4) is 0 Å². The summed E-state index contributed by atoms with van der Waals surface area (Å²) in [6, 6.07) is 7.33. The van der Waals surface area contributed by atoms with Crippen LogP contribution in [-0.4, -0.2) is 44.6 Å². The van der Waals surface area contributed by atoms with Gasteiger partial charge in [-0.05, 0) is 38.3 Å². The fraction of sp³-hybridized carbons (Fsp3) is 0.611. The standard InChI is InChI=1S/C18H30N2O3S/c1-6-8-13-19(16(4)7-2)18(21)14-20(24(5,22)23)17-12-10-9-11-15(17)3/h9-12,16H,6-8,13-14H2,1-5H3. The van der Waals surface area contributed by atoms with Gasteiger partial charge in [0.15, 0.2) is 0 Å². The maximum absolute atomic E-state index is 12.8. The van der Waals surface area contributed by atoms with Crippen molar-refractivity contribution in [2.24, 2.45) is 0 Å². The number of unbranched alkanes of at least 4 members (excludes halogenated alkanes) is 1. The highest BCUT2D eigenvalue weighted by atomic mass is 32.2. The number of amides is 1. The van der Waals surface area contributed by atoms with Gasteiger partial charge in [0.2, 0.25) is 15.9 Å². The van der Waals surface area contributed by atoms with E-state index in [0.717, 1.165) is 31.1 Å². The fourth-order valence-electron chi connectivity index (χ4n) is 2.58. The Balaban J connectivity index is 3.09. The molecule has 0 bridgehead atoms. The minimum atomic E-state index is -3.54. The Bertz CT molecular complexity index is 643. The number of nitrogens with zero attached hydrogens (tertiary/aromatic N) is 2. The molecule has 5 nitrogen and oxygen atoms in total. The summed E-state index contributed by atoms with van der Waals surface area (Å²) in [6.07, 6.45) is 3.90. The molecule has 1 atom stereocenters. The van der Waals surface area contributed by atoms with Crippen molar-refractivity contribution in [3.05, 3.63) is 29.8 Å². The number of anilines is 1. The minimum Gasteiger partial charge on any atom is -0.338 e. The molecule has 0 spiro atoms. The van der Waals surface area contributed by atoms with Gasteiger partial charge >= 0.3 is 0 Å². The van der Waals surface area contributed by atoms with Crippen molar-refractivity contribution in [2.75, 3.05) is 23.7 Å². The summed E-state index contributed by atoms with van der Waals surface area (Å²) in [5.74, 6) is -0.147. The van der Waals surface area contributed by atoms with E-state index >= 15 is 0 Å². The number of aryl methyl sites for hydroxylation is 1. The number of hydrogen-bond acceptors (Lipinski definition) is 3. The smallest absolute Gasteiger partial charge is 0.243 e. The second-order valence-electron chi connectivity index (χ2n) is 6.25. The topological polar surface area (TPSA) is 57.7 Å². The van der Waals surface area contributed by atoms with Gasteiger partial charge in [0.05, 0.1) is 11.9 Å². The molecule has 1 aromatic rings. The average molecular weight is 355 g/mol. The van der Waals surface area contributed by atoms with E-state index in [2.05, 4.69) is 6.92 Å². The maximum atomic E-state index is 12.8. The van der Waals surface area contributed by atoms with Gasteiger partial charge in [-0.2, -0.15) is 0 Å². The van der Waals surface area contributed by atoms with Crippen LogP contribution in [0.15, 0.2) is 24.3 Å². The second kappa shape index (κ2) is 9.06. The minimum absolute atomic E-state index is 0.0994. The van der Waals surface area contributed by atoms with Crippen LogP contribution in [0.25, 0.3) is 0 Å². The van der Waals surface area contributed by atoms with E-state index in [1.807, 2.05) is 32.9 Å². The monoisotopic (exact) mass is 354 g/mol. The number of sulfonamides is 1. The number of carbonyl (C=O) groups is 1. The lowest BCUT2D eigenvalue weighted by atomic mass is 10.2. The molecule has 0 saturated carbocycles. The zero-order chi connectivity index (χ0) is 18.3. The highest BCUT2D eigenvalue weighted by Crippen LogP contribution is 2.22. The van der Waals surface area contributed by atoms with Crippen molar-refractivity contribution in [1.29, 1.82) is 0 Å². The summed E-state index contributed by atoms with van der Waals surface area (Å²) < 4.78 is 25.7. The number of rotatable bonds is 9. The van der Waals surface area contributed by atoms with Crippen molar-refractivity contribution >= 4 is 21.6 Å². The lowest BCUT2D eigenvalue weighted by molar-refractivity contribution is -0.131. The highest BCUT2D eigenvalue weighted by Gasteiger charge is 2.26. The van der Waals surface area contributed by atoms with Gasteiger partial charge in [-0.1, -0.05) is 38.5 Å². The van der Waals surface area contributed by atoms with E-state index in [0.29, 0.717) is 12.2 Å². The fourth-order valence-corrected chi connectivity index (χ4v) is 3.48. The van der Waals surface area contributed by atoms with Gasteiger partial charge in [0.1, 0.15) is 6.54 Å². The van der Waals surface area contributed by atoms with Crippen LogP contribution in [0.2, 0.25) is 0 Å². The molecule has 1 amide bonds. The Kier molecular flexibility index (Phi) is 7.73. The van der Waals surface area contributed by atoms with Gasteiger partial charge in [-0.15, -0.1) is 0 Å². The first-order chi connectivity index (χ1) is 11.2. The second-order valence-corrected chi connectivity index (χ2v) is 8.16. The normalized spacial score (nSPS) is 12.7. The molecule has 0 aliphatic heterocycles. The van der Waals surface area contributed by atoms with Crippen LogP contribution in [0, 0.1) is 6.92 Å². The maximum Gasteiger partial charge on any atom is 0.243 e. The van der Waals surface area contributed by atoms with Gasteiger partial charge in [0.25, 0.3) is 0 Å². The van der Waals surface area contributed by atoms with Crippen LogP contribution < -0.4 is 4.31 Å². The molecule has 1 aromatic carbocycles. The molecule has 0 heterocycles. The Morgan fingerprint density at radius 3 is 2.33 bits per heavy atom. The predicted molar refractivity (Wildman–Crippen MR) is 99.7 cm³/mol. The first-order valence-electron chi connectivity index (χ1n) is 8.55. The third-order valence-electron chi connectivity index (χ3n) is 4.26. The van der Waals surface area contributed by atoms with E-state index in [1.165, 1.54) is 4.31 Å². The molecular weight excluding hydrogens is 324 g/mol. The van der Waals surface area contributed by atoms with Crippen LogP contribution in [0.3, 0.4) is 0 Å². The number of para-hydroxylation sites is 1. The Hall–Kier alpha value is -1.56. The predicted octanol–water partition coefficient (Wildman–Crippen LogP) is 3.19. The number of carbonyl (C=O) groups excluding carboxylic acids is 1. The molecular formula is C18H30N2O3S. The van der Waals surface area contributed by atoms with E-state index in [9.17, 15) is 13.2 Å². The first-order valence-corrected chi connectivity index (χ1v) is 10.4. The van der Waals surface area contributed by atoms with Gasteiger partial charge in [-0.3, -0.25) is 9.10 Å². The van der Waals surface area contributed by atoms with Gasteiger partial charge in [-0.25, -0.2) is 8.42 Å². The van der Waals surface area contributed by atoms with Crippen molar-refractivity contribution in [3.63, 3.8) is 0 Å². The lowest BCUT2D eigenvalue weighted by Gasteiger charge is -2.32. The van der Waals surface area contributed by atoms with Crippen LogP contribution in [0.1, 0.15) is 45.6 Å². The number of benzene rings is 1. The average Bonchev–Trinajstić information content (AvgIpc) is 2.52. The van der Waals surface area contributed by atoms with Gasteiger partial charge in [0, 0.05) is 12.6 Å². The molecule has 1 unspecified atom stereocenters. The lowest BCUT2D eigenvalue weighted by Crippen LogP contribution is -2.46. The molecule has 0 aliphatic rings. The molecule has 0 fully saturated rings. The zero-order valence-electron chi connectivity index (χ0n) is 15.4. The van der Waals surface area contributed by atoms with Crippen LogP contribution >= 0.6 is 0 Å². The molecule has 0 N–H and O–H groups in total. The largest absolute Gasteiger partial charge is 0.338 e. The molecule has 136 valence electrons. The molecule has 0 saturated heterocycles. The summed E-state index contributed by atoms with van der Waals surface area (Å²) in [4.78, 5) is 14.6. The van der Waals surface area contributed by atoms with Crippen molar-refractivity contribution < 1.29 is 13.2 Å². The Morgan fingerprint density at radius 1 is 1.21 bits per heavy atom. The van der Waals surface area contributed by atoms with E-state index in [-0.39, 0.29) is 18.5 Å². The summed E-state index contributed by atoms with van der Waals surface area (Å²) in [7, 11) is -3.54. The molecule has 0 radical (unpaired) electrons. The third kappa shape index (κ3) is 5.51. The summed E-state index contributed by atoms with van der Waals surface area (Å²) in [5.41, 5.74) is 1.40. The summed E-state index contributed by atoms with van der Waals surface area (Å²) in [5, 5.41) is 0. The van der Waals surface area contributed by atoms with Crippen LogP contribution in [-0.2, 0) is 14.8 Å². The molecule has 0 aliphatic carbocycles. The van der Waals surface area contributed by atoms with Crippen molar-refractivity contribution in [2.45, 2.75) is 53.0 Å². The first kappa shape index (κ1) is 20.5. The third-order valence-corrected chi connectivity index (χ3v) is 5.39. The van der Waals surface area contributed by atoms with Gasteiger partial charge < -0.3 is 4.90 Å². The van der Waals surface area contributed by atoms with E-state index < -0.39 is 10.0 Å². The van der Waals surface area contributed by atoms with E-state index in [4.69, 9.17) is 0 Å².